The van der Waals surface area contributed by atoms with Crippen molar-refractivity contribution in [2.75, 3.05) is 5.73 Å². The summed E-state index contributed by atoms with van der Waals surface area (Å²) >= 11 is 0. The second kappa shape index (κ2) is 5.37. The Hall–Kier alpha value is -1.07. The van der Waals surface area contributed by atoms with Crippen LogP contribution in [0.1, 0.15) is 44.2 Å². The molecule has 112 valence electrons. The molecule has 1 saturated heterocycles. The summed E-state index contributed by atoms with van der Waals surface area (Å²) in [4.78, 5) is 0.324. The van der Waals surface area contributed by atoms with E-state index in [1.807, 2.05) is 27.7 Å². The highest BCUT2D eigenvalue weighted by atomic mass is 32.2. The molecule has 4 nitrogen and oxygen atoms in total. The van der Waals surface area contributed by atoms with Gasteiger partial charge in [-0.05, 0) is 63.3 Å². The van der Waals surface area contributed by atoms with Crippen molar-refractivity contribution in [3.05, 3.63) is 23.3 Å². The number of nitrogen functional groups attached to an aromatic ring is 1. The topological polar surface area (TPSA) is 63.4 Å². The van der Waals surface area contributed by atoms with Gasteiger partial charge in [-0.1, -0.05) is 6.92 Å². The summed E-state index contributed by atoms with van der Waals surface area (Å²) in [6.45, 7) is 7.83. The highest BCUT2D eigenvalue weighted by molar-refractivity contribution is 7.89. The minimum absolute atomic E-state index is 0.0628. The molecule has 2 atom stereocenters. The van der Waals surface area contributed by atoms with Gasteiger partial charge in [0.2, 0.25) is 10.0 Å². The number of anilines is 1. The zero-order chi connectivity index (χ0) is 15.1. The van der Waals surface area contributed by atoms with E-state index in [9.17, 15) is 8.42 Å². The third kappa shape index (κ3) is 2.44. The molecular formula is C15H24N2O2S. The van der Waals surface area contributed by atoms with E-state index in [0.29, 0.717) is 10.6 Å². The quantitative estimate of drug-likeness (QED) is 0.872. The van der Waals surface area contributed by atoms with Gasteiger partial charge in [0.15, 0.2) is 0 Å². The Morgan fingerprint density at radius 1 is 1.30 bits per heavy atom. The zero-order valence-electron chi connectivity index (χ0n) is 12.7. The zero-order valence-corrected chi connectivity index (χ0v) is 13.5. The van der Waals surface area contributed by atoms with E-state index in [1.165, 1.54) is 0 Å². The summed E-state index contributed by atoms with van der Waals surface area (Å²) in [6, 6.07) is 3.50. The molecule has 5 heteroatoms. The average molecular weight is 296 g/mol. The van der Waals surface area contributed by atoms with Crippen molar-refractivity contribution in [3.8, 4) is 0 Å². The first-order valence-corrected chi connectivity index (χ1v) is 8.63. The number of sulfonamides is 1. The summed E-state index contributed by atoms with van der Waals surface area (Å²) in [7, 11) is -3.46. The second-order valence-electron chi connectivity index (χ2n) is 5.78. The molecule has 0 amide bonds. The molecule has 0 radical (unpaired) electrons. The molecule has 0 bridgehead atoms. The average Bonchev–Trinajstić information content (AvgIpc) is 2.77. The van der Waals surface area contributed by atoms with Gasteiger partial charge in [-0.15, -0.1) is 0 Å². The maximum absolute atomic E-state index is 12.9. The molecular weight excluding hydrogens is 272 g/mol. The van der Waals surface area contributed by atoms with E-state index < -0.39 is 10.0 Å². The Kier molecular flexibility index (Phi) is 4.12. The summed E-state index contributed by atoms with van der Waals surface area (Å²) < 4.78 is 27.5. The Balaban J connectivity index is 2.50. The highest BCUT2D eigenvalue weighted by Gasteiger charge is 2.39. The fraction of sp³-hybridized carbons (Fsp3) is 0.600. The number of benzene rings is 1. The third-order valence-corrected chi connectivity index (χ3v) is 6.48. The lowest BCUT2D eigenvalue weighted by atomic mass is 10.1. The number of nitrogens with zero attached hydrogens (tertiary/aromatic N) is 1. The molecule has 2 unspecified atom stereocenters. The van der Waals surface area contributed by atoms with Crippen LogP contribution in [0.2, 0.25) is 0 Å². The molecule has 1 aromatic rings. The van der Waals surface area contributed by atoms with Crippen LogP contribution < -0.4 is 5.73 Å². The molecule has 2 rings (SSSR count). The Morgan fingerprint density at radius 2 is 1.95 bits per heavy atom. The SMILES string of the molecule is CCC1CCC(C)N1S(=O)(=O)c1cc(C)c(C)c(N)c1. The molecule has 1 aliphatic rings. The van der Waals surface area contributed by atoms with E-state index in [-0.39, 0.29) is 12.1 Å². The first kappa shape index (κ1) is 15.3. The minimum Gasteiger partial charge on any atom is -0.398 e. The van der Waals surface area contributed by atoms with Gasteiger partial charge < -0.3 is 5.73 Å². The van der Waals surface area contributed by atoms with Crippen LogP contribution in [0.15, 0.2) is 17.0 Å². The van der Waals surface area contributed by atoms with Crippen LogP contribution in [0.5, 0.6) is 0 Å². The minimum atomic E-state index is -3.46. The van der Waals surface area contributed by atoms with Crippen LogP contribution in [-0.2, 0) is 10.0 Å². The van der Waals surface area contributed by atoms with E-state index in [1.54, 1.807) is 16.4 Å². The van der Waals surface area contributed by atoms with Crippen LogP contribution in [0.4, 0.5) is 5.69 Å². The van der Waals surface area contributed by atoms with E-state index >= 15 is 0 Å². The maximum atomic E-state index is 12.9. The van der Waals surface area contributed by atoms with Crippen LogP contribution >= 0.6 is 0 Å². The van der Waals surface area contributed by atoms with Gasteiger partial charge in [0, 0.05) is 17.8 Å². The molecule has 0 aliphatic carbocycles. The van der Waals surface area contributed by atoms with Crippen LogP contribution in [-0.4, -0.2) is 24.8 Å². The predicted molar refractivity (Wildman–Crippen MR) is 82.1 cm³/mol. The van der Waals surface area contributed by atoms with E-state index in [2.05, 4.69) is 0 Å². The Morgan fingerprint density at radius 3 is 2.50 bits per heavy atom. The summed E-state index contributed by atoms with van der Waals surface area (Å²) in [5.74, 6) is 0. The van der Waals surface area contributed by atoms with Crippen molar-refractivity contribution in [1.82, 2.24) is 4.31 Å². The van der Waals surface area contributed by atoms with Crippen LogP contribution in [0.3, 0.4) is 0 Å². The fourth-order valence-corrected chi connectivity index (χ4v) is 5.06. The lowest BCUT2D eigenvalue weighted by molar-refractivity contribution is 0.328. The summed E-state index contributed by atoms with van der Waals surface area (Å²) in [5.41, 5.74) is 8.35. The number of hydrogen-bond donors (Lipinski definition) is 1. The van der Waals surface area contributed by atoms with Crippen molar-refractivity contribution in [1.29, 1.82) is 0 Å². The summed E-state index contributed by atoms with van der Waals surface area (Å²) in [5, 5.41) is 0. The molecule has 1 heterocycles. The number of rotatable bonds is 3. The molecule has 0 spiro atoms. The first-order chi connectivity index (χ1) is 9.28. The van der Waals surface area contributed by atoms with Gasteiger partial charge >= 0.3 is 0 Å². The standard InChI is InChI=1S/C15H24N2O2S/c1-5-13-7-6-11(3)17(13)20(18,19)14-8-10(2)12(4)15(16)9-14/h8-9,11,13H,5-7,16H2,1-4H3. The van der Waals surface area contributed by atoms with Gasteiger partial charge in [0.25, 0.3) is 0 Å². The maximum Gasteiger partial charge on any atom is 0.243 e. The van der Waals surface area contributed by atoms with Crippen molar-refractivity contribution in [2.24, 2.45) is 0 Å². The van der Waals surface area contributed by atoms with Crippen molar-refractivity contribution in [2.45, 2.75) is 63.9 Å². The number of hydrogen-bond acceptors (Lipinski definition) is 3. The Bertz CT molecular complexity index is 587. The van der Waals surface area contributed by atoms with E-state index in [4.69, 9.17) is 5.73 Å². The monoisotopic (exact) mass is 296 g/mol. The van der Waals surface area contributed by atoms with Gasteiger partial charge in [-0.2, -0.15) is 4.31 Å². The lowest BCUT2D eigenvalue weighted by Crippen LogP contribution is -2.39. The first-order valence-electron chi connectivity index (χ1n) is 7.19. The van der Waals surface area contributed by atoms with Crippen molar-refractivity contribution < 1.29 is 8.42 Å². The Labute approximate surface area is 122 Å². The number of nitrogens with two attached hydrogens (primary N) is 1. The fourth-order valence-electron chi connectivity index (χ4n) is 2.99. The molecule has 20 heavy (non-hydrogen) atoms. The number of aryl methyl sites for hydroxylation is 1. The molecule has 2 N–H and O–H groups in total. The molecule has 1 aliphatic heterocycles. The molecule has 1 fully saturated rings. The second-order valence-corrected chi connectivity index (χ2v) is 7.62. The molecule has 0 aromatic heterocycles. The van der Waals surface area contributed by atoms with Gasteiger partial charge in [0.05, 0.1) is 4.90 Å². The van der Waals surface area contributed by atoms with Crippen LogP contribution in [0.25, 0.3) is 0 Å². The van der Waals surface area contributed by atoms with Crippen LogP contribution in [0, 0.1) is 13.8 Å². The predicted octanol–water partition coefficient (Wildman–Crippen LogP) is 2.84. The summed E-state index contributed by atoms with van der Waals surface area (Å²) in [6.07, 6.45) is 2.72. The molecule has 0 saturated carbocycles. The third-order valence-electron chi connectivity index (χ3n) is 4.44. The van der Waals surface area contributed by atoms with Gasteiger partial charge in [0.1, 0.15) is 0 Å². The lowest BCUT2D eigenvalue weighted by Gasteiger charge is -2.27. The van der Waals surface area contributed by atoms with Gasteiger partial charge in [-0.3, -0.25) is 0 Å². The van der Waals surface area contributed by atoms with Crippen molar-refractivity contribution >= 4 is 15.7 Å². The largest absolute Gasteiger partial charge is 0.398 e. The smallest absolute Gasteiger partial charge is 0.243 e. The normalized spacial score (nSPS) is 24.2. The van der Waals surface area contributed by atoms with E-state index in [0.717, 1.165) is 30.4 Å². The molecule has 1 aromatic carbocycles. The van der Waals surface area contributed by atoms with Crippen molar-refractivity contribution in [3.63, 3.8) is 0 Å². The van der Waals surface area contributed by atoms with Gasteiger partial charge in [-0.25, -0.2) is 8.42 Å². The highest BCUT2D eigenvalue weighted by Crippen LogP contribution is 2.33.